The zero-order chi connectivity index (χ0) is 11.2. The Balaban J connectivity index is 1.86. The Kier molecular flexibility index (Phi) is 2.23. The van der Waals surface area contributed by atoms with Crippen molar-refractivity contribution in [2.45, 2.75) is 38.4 Å². The van der Waals surface area contributed by atoms with E-state index in [9.17, 15) is 4.79 Å². The zero-order valence-corrected chi connectivity index (χ0v) is 9.70. The summed E-state index contributed by atoms with van der Waals surface area (Å²) in [7, 11) is 0. The van der Waals surface area contributed by atoms with Crippen molar-refractivity contribution < 1.29 is 14.3 Å². The molecule has 0 aromatic heterocycles. The second-order valence-electron chi connectivity index (χ2n) is 5.43. The summed E-state index contributed by atoms with van der Waals surface area (Å²) in [6, 6.07) is 0. The van der Waals surface area contributed by atoms with Gasteiger partial charge in [-0.1, -0.05) is 13.0 Å². The third kappa shape index (κ3) is 1.38. The molecule has 1 saturated carbocycles. The van der Waals surface area contributed by atoms with Gasteiger partial charge in [-0.3, -0.25) is 4.79 Å². The molecule has 3 heteroatoms. The van der Waals surface area contributed by atoms with E-state index >= 15 is 0 Å². The first-order valence-electron chi connectivity index (χ1n) is 6.14. The first-order chi connectivity index (χ1) is 7.65. The van der Waals surface area contributed by atoms with Gasteiger partial charge in [-0.25, -0.2) is 0 Å². The number of rotatable bonds is 0. The molecule has 88 valence electrons. The third-order valence-electron chi connectivity index (χ3n) is 4.55. The lowest BCUT2D eigenvalue weighted by molar-refractivity contribution is -0.205. The number of ketones is 1. The molecule has 1 aliphatic heterocycles. The van der Waals surface area contributed by atoms with Crippen molar-refractivity contribution in [2.24, 2.45) is 11.3 Å². The standard InChI is InChI=1S/C13H18O3/c1-12-5-6-13(15-7-8-16-13)9-10(12)3-2-4-11(12)14/h2,4,10H,3,5-9H2,1H3/t10-,12+/m1/s1. The van der Waals surface area contributed by atoms with Gasteiger partial charge in [0.2, 0.25) is 0 Å². The van der Waals surface area contributed by atoms with Gasteiger partial charge in [0.1, 0.15) is 0 Å². The Morgan fingerprint density at radius 1 is 1.31 bits per heavy atom. The molecule has 0 aromatic carbocycles. The maximum absolute atomic E-state index is 12.0. The fourth-order valence-corrected chi connectivity index (χ4v) is 3.31. The molecular weight excluding hydrogens is 204 g/mol. The predicted octanol–water partition coefficient (Wildman–Crippen LogP) is 2.06. The summed E-state index contributed by atoms with van der Waals surface area (Å²) in [5.41, 5.74) is -0.171. The molecule has 0 bridgehead atoms. The van der Waals surface area contributed by atoms with Crippen molar-refractivity contribution in [2.75, 3.05) is 13.2 Å². The average Bonchev–Trinajstić information content (AvgIpc) is 2.71. The second-order valence-corrected chi connectivity index (χ2v) is 5.43. The number of hydrogen-bond acceptors (Lipinski definition) is 3. The quantitative estimate of drug-likeness (QED) is 0.629. The van der Waals surface area contributed by atoms with Crippen LogP contribution in [0.4, 0.5) is 0 Å². The number of carbonyl (C=O) groups is 1. The number of carbonyl (C=O) groups excluding carboxylic acids is 1. The molecule has 3 aliphatic rings. The first kappa shape index (κ1) is 10.5. The average molecular weight is 222 g/mol. The van der Waals surface area contributed by atoms with E-state index in [-0.39, 0.29) is 17.0 Å². The fraction of sp³-hybridized carbons (Fsp3) is 0.769. The molecule has 0 aromatic rings. The van der Waals surface area contributed by atoms with Crippen LogP contribution in [-0.4, -0.2) is 24.8 Å². The summed E-state index contributed by atoms with van der Waals surface area (Å²) < 4.78 is 11.5. The highest BCUT2D eigenvalue weighted by atomic mass is 16.7. The fourth-order valence-electron chi connectivity index (χ4n) is 3.31. The molecule has 2 aliphatic carbocycles. The van der Waals surface area contributed by atoms with E-state index in [1.165, 1.54) is 0 Å². The molecule has 1 heterocycles. The van der Waals surface area contributed by atoms with Crippen LogP contribution >= 0.6 is 0 Å². The van der Waals surface area contributed by atoms with Gasteiger partial charge >= 0.3 is 0 Å². The van der Waals surface area contributed by atoms with Gasteiger partial charge in [-0.05, 0) is 24.8 Å². The van der Waals surface area contributed by atoms with Crippen LogP contribution in [0.2, 0.25) is 0 Å². The van der Waals surface area contributed by atoms with Crippen LogP contribution in [0.3, 0.4) is 0 Å². The summed E-state index contributed by atoms with van der Waals surface area (Å²) >= 11 is 0. The predicted molar refractivity (Wildman–Crippen MR) is 58.8 cm³/mol. The van der Waals surface area contributed by atoms with E-state index in [1.54, 1.807) is 6.08 Å². The molecule has 0 radical (unpaired) electrons. The lowest BCUT2D eigenvalue weighted by atomic mass is 9.60. The second kappa shape index (κ2) is 3.41. The van der Waals surface area contributed by atoms with Crippen LogP contribution in [-0.2, 0) is 14.3 Å². The molecule has 2 atom stereocenters. The Morgan fingerprint density at radius 2 is 2.06 bits per heavy atom. The molecule has 3 nitrogen and oxygen atoms in total. The molecular formula is C13H18O3. The number of allylic oxidation sites excluding steroid dienone is 2. The van der Waals surface area contributed by atoms with Crippen molar-refractivity contribution in [1.82, 2.24) is 0 Å². The highest BCUT2D eigenvalue weighted by Crippen LogP contribution is 2.51. The SMILES string of the molecule is C[C@]12CCC3(C[C@H]1CC=CC2=O)OCCO3. The molecule has 1 spiro atoms. The minimum atomic E-state index is -0.365. The Labute approximate surface area is 95.8 Å². The molecule has 1 saturated heterocycles. The van der Waals surface area contributed by atoms with Crippen LogP contribution in [0.5, 0.6) is 0 Å². The van der Waals surface area contributed by atoms with E-state index in [0.717, 1.165) is 25.7 Å². The molecule has 0 unspecified atom stereocenters. The normalized spacial score (nSPS) is 41.3. The van der Waals surface area contributed by atoms with Crippen molar-refractivity contribution in [3.05, 3.63) is 12.2 Å². The molecule has 0 amide bonds. The van der Waals surface area contributed by atoms with E-state index < -0.39 is 0 Å². The third-order valence-corrected chi connectivity index (χ3v) is 4.55. The van der Waals surface area contributed by atoms with Crippen LogP contribution < -0.4 is 0 Å². The monoisotopic (exact) mass is 222 g/mol. The number of hydrogen-bond donors (Lipinski definition) is 0. The minimum Gasteiger partial charge on any atom is -0.348 e. The summed E-state index contributed by atoms with van der Waals surface area (Å²) in [6.45, 7) is 3.51. The minimum absolute atomic E-state index is 0.171. The van der Waals surface area contributed by atoms with E-state index in [0.29, 0.717) is 19.1 Å². The van der Waals surface area contributed by atoms with Crippen LogP contribution in [0.25, 0.3) is 0 Å². The van der Waals surface area contributed by atoms with Crippen molar-refractivity contribution in [3.63, 3.8) is 0 Å². The van der Waals surface area contributed by atoms with Gasteiger partial charge in [0.05, 0.1) is 13.2 Å². The van der Waals surface area contributed by atoms with Gasteiger partial charge in [-0.15, -0.1) is 0 Å². The maximum atomic E-state index is 12.0. The van der Waals surface area contributed by atoms with E-state index in [2.05, 4.69) is 6.92 Å². The molecule has 3 rings (SSSR count). The van der Waals surface area contributed by atoms with Gasteiger partial charge in [0, 0.05) is 18.3 Å². The Hall–Kier alpha value is -0.670. The van der Waals surface area contributed by atoms with Crippen LogP contribution in [0.15, 0.2) is 12.2 Å². The van der Waals surface area contributed by atoms with Gasteiger partial charge < -0.3 is 9.47 Å². The lowest BCUT2D eigenvalue weighted by Crippen LogP contribution is -2.49. The molecule has 0 N–H and O–H groups in total. The van der Waals surface area contributed by atoms with Crippen LogP contribution in [0.1, 0.15) is 32.6 Å². The largest absolute Gasteiger partial charge is 0.348 e. The van der Waals surface area contributed by atoms with Crippen molar-refractivity contribution in [3.8, 4) is 0 Å². The van der Waals surface area contributed by atoms with E-state index in [4.69, 9.17) is 9.47 Å². The number of ether oxygens (including phenoxy) is 2. The summed E-state index contributed by atoms with van der Waals surface area (Å²) in [4.78, 5) is 12.0. The molecule has 2 fully saturated rings. The van der Waals surface area contributed by atoms with Gasteiger partial charge in [-0.2, -0.15) is 0 Å². The summed E-state index contributed by atoms with van der Waals surface area (Å²) in [5.74, 6) is 0.309. The van der Waals surface area contributed by atoms with Gasteiger partial charge in [0.15, 0.2) is 11.6 Å². The van der Waals surface area contributed by atoms with Gasteiger partial charge in [0.25, 0.3) is 0 Å². The highest BCUT2D eigenvalue weighted by Gasteiger charge is 2.52. The maximum Gasteiger partial charge on any atom is 0.168 e. The zero-order valence-electron chi connectivity index (χ0n) is 9.70. The topological polar surface area (TPSA) is 35.5 Å². The van der Waals surface area contributed by atoms with Crippen LogP contribution in [0, 0.1) is 11.3 Å². The summed E-state index contributed by atoms with van der Waals surface area (Å²) in [5, 5.41) is 0. The highest BCUT2D eigenvalue weighted by molar-refractivity contribution is 5.95. The first-order valence-corrected chi connectivity index (χ1v) is 6.14. The smallest absolute Gasteiger partial charge is 0.168 e. The van der Waals surface area contributed by atoms with Crippen molar-refractivity contribution >= 4 is 5.78 Å². The number of fused-ring (bicyclic) bond motifs is 1. The lowest BCUT2D eigenvalue weighted by Gasteiger charge is -2.47. The van der Waals surface area contributed by atoms with E-state index in [1.807, 2.05) is 6.08 Å². The Morgan fingerprint density at radius 3 is 2.81 bits per heavy atom. The summed E-state index contributed by atoms with van der Waals surface area (Å²) in [6.07, 6.45) is 7.37. The molecule has 16 heavy (non-hydrogen) atoms. The Bertz CT molecular complexity index is 341. The van der Waals surface area contributed by atoms with Crippen molar-refractivity contribution in [1.29, 1.82) is 0 Å².